The summed E-state index contributed by atoms with van der Waals surface area (Å²) in [5.74, 6) is 3.57. The maximum Gasteiger partial charge on any atom is 0.573 e. The molecule has 3 aromatic rings. The predicted octanol–water partition coefficient (Wildman–Crippen LogP) is 2.70. The highest BCUT2D eigenvalue weighted by Crippen LogP contribution is 2.26. The first-order chi connectivity index (χ1) is 19.9. The van der Waals surface area contributed by atoms with Gasteiger partial charge in [-0.2, -0.15) is 0 Å². The number of aliphatic hydroxyl groups is 1. The van der Waals surface area contributed by atoms with Crippen LogP contribution in [0.1, 0.15) is 34.0 Å². The summed E-state index contributed by atoms with van der Waals surface area (Å²) in [6, 6.07) is 17.1. The topological polar surface area (TPSA) is 149 Å². The number of hydroxylamine groups is 1. The van der Waals surface area contributed by atoms with Crippen LogP contribution < -0.4 is 26.2 Å². The van der Waals surface area contributed by atoms with Gasteiger partial charge in [-0.1, -0.05) is 30.0 Å². The quantitative estimate of drug-likeness (QED) is 0.122. The van der Waals surface area contributed by atoms with Gasteiger partial charge in [0, 0.05) is 34.5 Å². The predicted molar refractivity (Wildman–Crippen MR) is 145 cm³/mol. The normalized spacial score (nSPS) is 12.2. The number of carbonyl (C=O) groups excluding carboxylic acids is 3. The summed E-state index contributed by atoms with van der Waals surface area (Å²) in [5, 5.41) is 26.2. The molecule has 0 aromatic heterocycles. The molecule has 220 valence electrons. The SMILES string of the molecule is CC(O)C(NC(=O)c1ccc(C#Cc2ccc(NC(=O)CNCc3ccccc3OC(F)(F)F)cc2)cc1)C(=O)NO. The summed E-state index contributed by atoms with van der Waals surface area (Å²) in [6.45, 7) is 1.13. The second-order valence-corrected chi connectivity index (χ2v) is 8.88. The van der Waals surface area contributed by atoms with Crippen molar-refractivity contribution in [1.29, 1.82) is 0 Å². The Morgan fingerprint density at radius 3 is 2.10 bits per heavy atom. The highest BCUT2D eigenvalue weighted by molar-refractivity contribution is 5.97. The maximum absolute atomic E-state index is 12.6. The molecule has 0 saturated carbocycles. The van der Waals surface area contributed by atoms with Gasteiger partial charge in [0.2, 0.25) is 5.91 Å². The van der Waals surface area contributed by atoms with Gasteiger partial charge < -0.3 is 25.8 Å². The van der Waals surface area contributed by atoms with E-state index in [-0.39, 0.29) is 30.0 Å². The Hall–Kier alpha value is -4.90. The molecule has 0 aliphatic carbocycles. The first-order valence-electron chi connectivity index (χ1n) is 12.4. The Kier molecular flexibility index (Phi) is 11.0. The summed E-state index contributed by atoms with van der Waals surface area (Å²) in [4.78, 5) is 36.2. The van der Waals surface area contributed by atoms with Crippen molar-refractivity contribution in [1.82, 2.24) is 16.1 Å². The minimum atomic E-state index is -4.82. The van der Waals surface area contributed by atoms with Crippen molar-refractivity contribution in [2.45, 2.75) is 32.0 Å². The summed E-state index contributed by atoms with van der Waals surface area (Å²) >= 11 is 0. The molecular weight excluding hydrogens is 557 g/mol. The molecule has 13 heteroatoms. The average molecular weight is 585 g/mol. The second-order valence-electron chi connectivity index (χ2n) is 8.88. The number of benzene rings is 3. The van der Waals surface area contributed by atoms with Crippen LogP contribution in [0.5, 0.6) is 5.75 Å². The number of hydrogen-bond acceptors (Lipinski definition) is 7. The lowest BCUT2D eigenvalue weighted by molar-refractivity contribution is -0.274. The number of anilines is 1. The number of alkyl halides is 3. The fourth-order valence-electron chi connectivity index (χ4n) is 3.58. The molecule has 10 nitrogen and oxygen atoms in total. The molecule has 0 fully saturated rings. The average Bonchev–Trinajstić information content (AvgIpc) is 2.95. The van der Waals surface area contributed by atoms with Gasteiger partial charge in [0.1, 0.15) is 11.8 Å². The molecule has 3 rings (SSSR count). The fraction of sp³-hybridized carbons (Fsp3) is 0.207. The van der Waals surface area contributed by atoms with Crippen molar-refractivity contribution >= 4 is 23.4 Å². The van der Waals surface area contributed by atoms with Gasteiger partial charge in [-0.15, -0.1) is 13.2 Å². The number of amides is 3. The third-order valence-corrected chi connectivity index (χ3v) is 5.63. The highest BCUT2D eigenvalue weighted by Gasteiger charge is 2.32. The minimum Gasteiger partial charge on any atom is -0.405 e. The van der Waals surface area contributed by atoms with Gasteiger partial charge >= 0.3 is 6.36 Å². The monoisotopic (exact) mass is 584 g/mol. The van der Waals surface area contributed by atoms with Crippen LogP contribution in [0.4, 0.5) is 18.9 Å². The minimum absolute atomic E-state index is 0.0108. The van der Waals surface area contributed by atoms with Gasteiger partial charge in [0.15, 0.2) is 0 Å². The van der Waals surface area contributed by atoms with E-state index >= 15 is 0 Å². The summed E-state index contributed by atoms with van der Waals surface area (Å²) in [7, 11) is 0. The van der Waals surface area contributed by atoms with Crippen LogP contribution in [-0.4, -0.2) is 53.1 Å². The summed E-state index contributed by atoms with van der Waals surface area (Å²) < 4.78 is 41.7. The molecule has 0 saturated heterocycles. The van der Waals surface area contributed by atoms with Gasteiger partial charge in [-0.3, -0.25) is 19.6 Å². The Morgan fingerprint density at radius 2 is 1.52 bits per heavy atom. The van der Waals surface area contributed by atoms with Gasteiger partial charge in [0.25, 0.3) is 11.8 Å². The third-order valence-electron chi connectivity index (χ3n) is 5.63. The number of ether oxygens (including phenoxy) is 1. The molecule has 0 radical (unpaired) electrons. The van der Waals surface area contributed by atoms with E-state index in [0.29, 0.717) is 16.8 Å². The van der Waals surface area contributed by atoms with Crippen LogP contribution >= 0.6 is 0 Å². The van der Waals surface area contributed by atoms with Crippen molar-refractivity contribution in [2.75, 3.05) is 11.9 Å². The number of nitrogens with one attached hydrogen (secondary N) is 4. The summed E-state index contributed by atoms with van der Waals surface area (Å²) in [6.07, 6.45) is -6.05. The lowest BCUT2D eigenvalue weighted by Gasteiger charge is -2.19. The van der Waals surface area contributed by atoms with Crippen LogP contribution in [0.2, 0.25) is 0 Å². The smallest absolute Gasteiger partial charge is 0.405 e. The van der Waals surface area contributed by atoms with Crippen LogP contribution in [-0.2, 0) is 16.1 Å². The number of carbonyl (C=O) groups is 3. The zero-order valence-corrected chi connectivity index (χ0v) is 22.2. The Balaban J connectivity index is 1.50. The molecule has 0 aliphatic heterocycles. The van der Waals surface area contributed by atoms with Crippen molar-refractivity contribution in [2.24, 2.45) is 0 Å². The van der Waals surface area contributed by atoms with Crippen molar-refractivity contribution in [3.8, 4) is 17.6 Å². The zero-order valence-electron chi connectivity index (χ0n) is 22.2. The van der Waals surface area contributed by atoms with E-state index in [9.17, 15) is 32.7 Å². The Labute approximate surface area is 238 Å². The molecule has 0 bridgehead atoms. The van der Waals surface area contributed by atoms with E-state index in [1.165, 1.54) is 42.7 Å². The van der Waals surface area contributed by atoms with E-state index in [2.05, 4.69) is 32.5 Å². The number of hydrogen-bond donors (Lipinski definition) is 6. The van der Waals surface area contributed by atoms with Crippen LogP contribution in [0.25, 0.3) is 0 Å². The second kappa shape index (κ2) is 14.6. The van der Waals surface area contributed by atoms with E-state index in [1.807, 2.05) is 0 Å². The fourth-order valence-corrected chi connectivity index (χ4v) is 3.58. The van der Waals surface area contributed by atoms with Crippen molar-refractivity contribution in [3.63, 3.8) is 0 Å². The van der Waals surface area contributed by atoms with Crippen LogP contribution in [0.15, 0.2) is 72.8 Å². The standard InChI is InChI=1S/C29H27F3N4O6/c1-18(37)26(28(40)36-41)35-27(39)21-12-8-19(9-13-21)6-7-20-10-14-23(15-11-20)34-25(38)17-33-16-22-4-2-3-5-24(22)42-29(30,31)32/h2-5,8-15,18,26,33,37,41H,16-17H2,1H3,(H,34,38)(H,35,39)(H,36,40). The van der Waals surface area contributed by atoms with Gasteiger partial charge in [0.05, 0.1) is 12.6 Å². The number of halogens is 3. The summed E-state index contributed by atoms with van der Waals surface area (Å²) in [5.41, 5.74) is 3.59. The number of aliphatic hydroxyl groups excluding tert-OH is 1. The third kappa shape index (κ3) is 9.93. The highest BCUT2D eigenvalue weighted by atomic mass is 19.4. The van der Waals surface area contributed by atoms with Crippen molar-refractivity contribution in [3.05, 3.63) is 95.1 Å². The molecule has 2 unspecified atom stereocenters. The molecule has 0 heterocycles. The molecule has 0 spiro atoms. The zero-order chi connectivity index (χ0) is 30.7. The number of rotatable bonds is 10. The first-order valence-corrected chi connectivity index (χ1v) is 12.4. The molecule has 6 N–H and O–H groups in total. The number of para-hydroxylation sites is 1. The molecular formula is C29H27F3N4O6. The lowest BCUT2D eigenvalue weighted by Crippen LogP contribution is -2.51. The van der Waals surface area contributed by atoms with Gasteiger partial charge in [-0.05, 0) is 61.5 Å². The molecule has 3 aromatic carbocycles. The first kappa shape index (κ1) is 31.6. The van der Waals surface area contributed by atoms with Crippen LogP contribution in [0.3, 0.4) is 0 Å². The molecule has 2 atom stereocenters. The van der Waals surface area contributed by atoms with E-state index in [0.717, 1.165) is 0 Å². The van der Waals surface area contributed by atoms with E-state index < -0.39 is 36.2 Å². The van der Waals surface area contributed by atoms with E-state index in [4.69, 9.17) is 5.21 Å². The van der Waals surface area contributed by atoms with Crippen molar-refractivity contribution < 1.29 is 42.6 Å². The maximum atomic E-state index is 12.6. The Bertz CT molecular complexity index is 1450. The molecule has 3 amide bonds. The Morgan fingerprint density at radius 1 is 0.929 bits per heavy atom. The largest absolute Gasteiger partial charge is 0.573 e. The lowest BCUT2D eigenvalue weighted by atomic mass is 10.1. The van der Waals surface area contributed by atoms with Gasteiger partial charge in [-0.25, -0.2) is 5.48 Å². The molecule has 42 heavy (non-hydrogen) atoms. The van der Waals surface area contributed by atoms with E-state index in [1.54, 1.807) is 42.5 Å². The molecule has 0 aliphatic rings. The van der Waals surface area contributed by atoms with Crippen LogP contribution in [0, 0.1) is 11.8 Å².